The minimum Gasteiger partial charge on any atom is -0.497 e. The van der Waals surface area contributed by atoms with E-state index in [9.17, 15) is 14.4 Å². The molecule has 2 aromatic carbocycles. The molecule has 1 aliphatic heterocycles. The SMILES string of the molecule is COc1cccc(C=C2SC(=S)N(CCCC(=O)Nc3ccc(C(C)=O)cc3)C2=O)c1. The normalized spacial score (nSPS) is 14.8. The van der Waals surface area contributed by atoms with Gasteiger partial charge in [0.05, 0.1) is 12.0 Å². The van der Waals surface area contributed by atoms with Gasteiger partial charge in [0.25, 0.3) is 5.91 Å². The summed E-state index contributed by atoms with van der Waals surface area (Å²) in [5.41, 5.74) is 2.08. The average molecular weight is 455 g/mol. The first-order chi connectivity index (χ1) is 14.9. The molecule has 0 saturated carbocycles. The quantitative estimate of drug-likeness (QED) is 0.359. The molecule has 1 aliphatic rings. The summed E-state index contributed by atoms with van der Waals surface area (Å²) in [6, 6.07) is 14.2. The van der Waals surface area contributed by atoms with Gasteiger partial charge in [0, 0.05) is 24.2 Å². The third kappa shape index (κ3) is 6.02. The summed E-state index contributed by atoms with van der Waals surface area (Å²) in [6.07, 6.45) is 2.52. The van der Waals surface area contributed by atoms with Crippen molar-refractivity contribution in [3.8, 4) is 5.75 Å². The molecule has 0 atom stereocenters. The van der Waals surface area contributed by atoms with Crippen LogP contribution in [0.3, 0.4) is 0 Å². The number of amides is 2. The Hall–Kier alpha value is -2.97. The molecule has 31 heavy (non-hydrogen) atoms. The van der Waals surface area contributed by atoms with Gasteiger partial charge in [0.2, 0.25) is 5.91 Å². The van der Waals surface area contributed by atoms with E-state index in [2.05, 4.69) is 5.32 Å². The number of benzene rings is 2. The lowest BCUT2D eigenvalue weighted by Gasteiger charge is -2.14. The Morgan fingerprint density at radius 2 is 1.94 bits per heavy atom. The van der Waals surface area contributed by atoms with Gasteiger partial charge in [-0.15, -0.1) is 0 Å². The Morgan fingerprint density at radius 3 is 2.61 bits per heavy atom. The van der Waals surface area contributed by atoms with Gasteiger partial charge >= 0.3 is 0 Å². The van der Waals surface area contributed by atoms with Crippen molar-refractivity contribution in [1.82, 2.24) is 4.90 Å². The highest BCUT2D eigenvalue weighted by atomic mass is 32.2. The first kappa shape index (κ1) is 22.7. The molecule has 0 unspecified atom stereocenters. The van der Waals surface area contributed by atoms with Gasteiger partial charge in [0.15, 0.2) is 5.78 Å². The maximum atomic E-state index is 12.7. The lowest BCUT2D eigenvalue weighted by atomic mass is 10.1. The summed E-state index contributed by atoms with van der Waals surface area (Å²) in [5.74, 6) is 0.374. The molecular formula is C23H22N2O4S2. The lowest BCUT2D eigenvalue weighted by Crippen LogP contribution is -2.29. The Bertz CT molecular complexity index is 1050. The molecule has 0 aliphatic carbocycles. The summed E-state index contributed by atoms with van der Waals surface area (Å²) < 4.78 is 5.70. The van der Waals surface area contributed by atoms with Crippen LogP contribution in [0.25, 0.3) is 6.08 Å². The van der Waals surface area contributed by atoms with Gasteiger partial charge in [-0.25, -0.2) is 0 Å². The van der Waals surface area contributed by atoms with E-state index in [1.807, 2.05) is 24.3 Å². The summed E-state index contributed by atoms with van der Waals surface area (Å²) in [7, 11) is 1.59. The average Bonchev–Trinajstić information content (AvgIpc) is 3.01. The van der Waals surface area contributed by atoms with Crippen LogP contribution in [0.1, 0.15) is 35.7 Å². The third-order valence-corrected chi connectivity index (χ3v) is 6.00. The van der Waals surface area contributed by atoms with Crippen LogP contribution in [0.5, 0.6) is 5.75 Å². The van der Waals surface area contributed by atoms with Crippen molar-refractivity contribution < 1.29 is 19.1 Å². The summed E-state index contributed by atoms with van der Waals surface area (Å²) >= 11 is 6.61. The van der Waals surface area contributed by atoms with E-state index in [0.717, 1.165) is 5.56 Å². The van der Waals surface area contributed by atoms with E-state index in [1.54, 1.807) is 37.5 Å². The second-order valence-corrected chi connectivity index (χ2v) is 8.57. The summed E-state index contributed by atoms with van der Waals surface area (Å²) in [6.45, 7) is 1.87. The van der Waals surface area contributed by atoms with Gasteiger partial charge in [-0.3, -0.25) is 19.3 Å². The van der Waals surface area contributed by atoms with Crippen LogP contribution < -0.4 is 10.1 Å². The molecule has 0 bridgehead atoms. The molecule has 1 heterocycles. The Kier molecular flexibility index (Phi) is 7.59. The molecule has 1 N–H and O–H groups in total. The van der Waals surface area contributed by atoms with Crippen molar-refractivity contribution in [3.05, 3.63) is 64.6 Å². The molecule has 0 aromatic heterocycles. The number of Topliss-reactive ketones (excluding diaryl/α,β-unsaturated/α-hetero) is 1. The molecule has 0 radical (unpaired) electrons. The fraction of sp³-hybridized carbons (Fsp3) is 0.217. The number of carbonyl (C=O) groups excluding carboxylic acids is 3. The van der Waals surface area contributed by atoms with E-state index in [4.69, 9.17) is 17.0 Å². The smallest absolute Gasteiger partial charge is 0.266 e. The van der Waals surface area contributed by atoms with Gasteiger partial charge in [-0.05, 0) is 61.4 Å². The number of methoxy groups -OCH3 is 1. The number of nitrogens with zero attached hydrogens (tertiary/aromatic N) is 1. The zero-order chi connectivity index (χ0) is 22.4. The summed E-state index contributed by atoms with van der Waals surface area (Å²) in [5, 5.41) is 2.79. The molecule has 3 rings (SSSR count). The monoisotopic (exact) mass is 454 g/mol. The van der Waals surface area contributed by atoms with Gasteiger partial charge < -0.3 is 10.1 Å². The number of ketones is 1. The molecule has 0 spiro atoms. The zero-order valence-electron chi connectivity index (χ0n) is 17.2. The van der Waals surface area contributed by atoms with Crippen molar-refractivity contribution in [2.45, 2.75) is 19.8 Å². The standard InChI is InChI=1S/C23H22N2O4S2/c1-15(26)17-8-10-18(11-9-17)24-21(27)7-4-12-25-22(28)20(31-23(25)30)14-16-5-3-6-19(13-16)29-2/h3,5-6,8-11,13-14H,4,7,12H2,1-2H3,(H,24,27). The molecule has 2 aromatic rings. The molecule has 1 saturated heterocycles. The van der Waals surface area contributed by atoms with Crippen LogP contribution in [0, 0.1) is 0 Å². The van der Waals surface area contributed by atoms with E-state index < -0.39 is 0 Å². The van der Waals surface area contributed by atoms with E-state index in [0.29, 0.717) is 39.2 Å². The number of thioether (sulfide) groups is 1. The first-order valence-electron chi connectivity index (χ1n) is 9.67. The highest BCUT2D eigenvalue weighted by molar-refractivity contribution is 8.26. The summed E-state index contributed by atoms with van der Waals surface area (Å²) in [4.78, 5) is 38.3. The largest absolute Gasteiger partial charge is 0.497 e. The van der Waals surface area contributed by atoms with Crippen LogP contribution in [0.4, 0.5) is 5.69 Å². The number of thiocarbonyl (C=S) groups is 1. The predicted molar refractivity (Wildman–Crippen MR) is 127 cm³/mol. The Labute approximate surface area is 190 Å². The Morgan fingerprint density at radius 1 is 1.19 bits per heavy atom. The van der Waals surface area contributed by atoms with Crippen molar-refractivity contribution in [2.24, 2.45) is 0 Å². The van der Waals surface area contributed by atoms with Gasteiger partial charge in [-0.2, -0.15) is 0 Å². The van der Waals surface area contributed by atoms with Crippen molar-refractivity contribution in [3.63, 3.8) is 0 Å². The minimum atomic E-state index is -0.159. The van der Waals surface area contributed by atoms with Crippen LogP contribution in [0.15, 0.2) is 53.4 Å². The van der Waals surface area contributed by atoms with Gasteiger partial charge in [0.1, 0.15) is 10.1 Å². The second-order valence-electron chi connectivity index (χ2n) is 6.90. The number of hydrogen-bond donors (Lipinski definition) is 1. The Balaban J connectivity index is 1.52. The van der Waals surface area contributed by atoms with E-state index >= 15 is 0 Å². The number of nitrogens with one attached hydrogen (secondary N) is 1. The highest BCUT2D eigenvalue weighted by Gasteiger charge is 2.31. The van der Waals surface area contributed by atoms with E-state index in [1.165, 1.54) is 23.6 Å². The van der Waals surface area contributed by atoms with Crippen molar-refractivity contribution in [2.75, 3.05) is 19.0 Å². The number of anilines is 1. The fourth-order valence-electron chi connectivity index (χ4n) is 2.98. The van der Waals surface area contributed by atoms with Crippen LogP contribution in [0.2, 0.25) is 0 Å². The lowest BCUT2D eigenvalue weighted by molar-refractivity contribution is -0.122. The first-order valence-corrected chi connectivity index (χ1v) is 10.9. The molecule has 6 nitrogen and oxygen atoms in total. The topological polar surface area (TPSA) is 75.7 Å². The van der Waals surface area contributed by atoms with Crippen molar-refractivity contribution >= 4 is 57.7 Å². The van der Waals surface area contributed by atoms with Crippen LogP contribution in [-0.4, -0.2) is 40.5 Å². The van der Waals surface area contributed by atoms with Crippen molar-refractivity contribution in [1.29, 1.82) is 0 Å². The second kappa shape index (κ2) is 10.4. The zero-order valence-corrected chi connectivity index (χ0v) is 18.8. The maximum Gasteiger partial charge on any atom is 0.266 e. The van der Waals surface area contributed by atoms with Gasteiger partial charge in [-0.1, -0.05) is 36.1 Å². The molecular weight excluding hydrogens is 432 g/mol. The van der Waals surface area contributed by atoms with E-state index in [-0.39, 0.29) is 24.0 Å². The van der Waals surface area contributed by atoms with Crippen LogP contribution >= 0.6 is 24.0 Å². The molecule has 160 valence electrons. The predicted octanol–water partition coefficient (Wildman–Crippen LogP) is 4.52. The number of carbonyl (C=O) groups is 3. The fourth-order valence-corrected chi connectivity index (χ4v) is 4.29. The molecule has 2 amide bonds. The molecule has 1 fully saturated rings. The number of hydrogen-bond acceptors (Lipinski definition) is 6. The molecule has 8 heteroatoms. The maximum absolute atomic E-state index is 12.7. The minimum absolute atomic E-state index is 0.0261. The third-order valence-electron chi connectivity index (χ3n) is 4.63. The number of rotatable bonds is 8. The van der Waals surface area contributed by atoms with Crippen LogP contribution in [-0.2, 0) is 9.59 Å². The highest BCUT2D eigenvalue weighted by Crippen LogP contribution is 2.33. The number of ether oxygens (including phenoxy) is 1.